The van der Waals surface area contributed by atoms with E-state index in [-0.39, 0.29) is 29.8 Å². The number of ketones is 1. The molecule has 0 atom stereocenters. The first-order chi connectivity index (χ1) is 13.2. The van der Waals surface area contributed by atoms with Crippen LogP contribution >= 0.6 is 0 Å². The van der Waals surface area contributed by atoms with Gasteiger partial charge in [0.05, 0.1) is 13.7 Å². The number of carbonyl (C=O) groups is 3. The Morgan fingerprint density at radius 3 is 2.54 bits per heavy atom. The third-order valence-corrected chi connectivity index (χ3v) is 4.47. The molecule has 2 aromatic rings. The molecule has 7 nitrogen and oxygen atoms in total. The van der Waals surface area contributed by atoms with Gasteiger partial charge >= 0.3 is 5.97 Å². The standard InChI is InChI=1S/C21H27N3O4/c1-13(2)9-18(26)24(11-16-7-6-8-22-10-16)12-17(25)19-14(3)20(21(27)28-5)23-15(19)4/h6-8,10,13,23H,9,11-12H2,1-5H3. The number of aryl methyl sites for hydroxylation is 1. The smallest absolute Gasteiger partial charge is 0.354 e. The number of methoxy groups -OCH3 is 1. The molecule has 0 saturated carbocycles. The van der Waals surface area contributed by atoms with Crippen molar-refractivity contribution in [3.8, 4) is 0 Å². The van der Waals surface area contributed by atoms with Gasteiger partial charge in [0.1, 0.15) is 5.69 Å². The predicted molar refractivity (Wildman–Crippen MR) is 105 cm³/mol. The fourth-order valence-corrected chi connectivity index (χ4v) is 3.15. The lowest BCUT2D eigenvalue weighted by atomic mass is 10.0. The minimum absolute atomic E-state index is 0.0689. The lowest BCUT2D eigenvalue weighted by Crippen LogP contribution is -2.36. The fourth-order valence-electron chi connectivity index (χ4n) is 3.15. The van der Waals surface area contributed by atoms with Gasteiger partial charge in [-0.1, -0.05) is 19.9 Å². The molecule has 0 fully saturated rings. The van der Waals surface area contributed by atoms with Crippen molar-refractivity contribution in [3.63, 3.8) is 0 Å². The fraction of sp³-hybridized carbons (Fsp3) is 0.429. The molecule has 28 heavy (non-hydrogen) atoms. The molecule has 2 aromatic heterocycles. The number of esters is 1. The third kappa shape index (κ3) is 5.06. The zero-order chi connectivity index (χ0) is 20.8. The molecule has 2 rings (SSSR count). The summed E-state index contributed by atoms with van der Waals surface area (Å²) < 4.78 is 4.75. The minimum atomic E-state index is -0.525. The van der Waals surface area contributed by atoms with Crippen molar-refractivity contribution in [2.75, 3.05) is 13.7 Å². The second kappa shape index (κ2) is 9.30. The lowest BCUT2D eigenvalue weighted by Gasteiger charge is -2.23. The molecule has 0 saturated heterocycles. The highest BCUT2D eigenvalue weighted by atomic mass is 16.5. The van der Waals surface area contributed by atoms with E-state index in [1.165, 1.54) is 7.11 Å². The van der Waals surface area contributed by atoms with E-state index in [2.05, 4.69) is 9.97 Å². The largest absolute Gasteiger partial charge is 0.464 e. The van der Waals surface area contributed by atoms with Crippen LogP contribution in [0.1, 0.15) is 57.9 Å². The van der Waals surface area contributed by atoms with Crippen LogP contribution in [0.3, 0.4) is 0 Å². The van der Waals surface area contributed by atoms with Crippen LogP contribution in [0.5, 0.6) is 0 Å². The first-order valence-corrected chi connectivity index (χ1v) is 9.21. The Bertz CT molecular complexity index is 856. The van der Waals surface area contributed by atoms with E-state index in [1.807, 2.05) is 19.9 Å². The van der Waals surface area contributed by atoms with Gasteiger partial charge in [-0.15, -0.1) is 0 Å². The molecule has 0 aliphatic heterocycles. The Hall–Kier alpha value is -2.96. The van der Waals surface area contributed by atoms with E-state index in [1.54, 1.807) is 37.2 Å². The van der Waals surface area contributed by atoms with Gasteiger partial charge in [0, 0.05) is 36.6 Å². The van der Waals surface area contributed by atoms with E-state index >= 15 is 0 Å². The van der Waals surface area contributed by atoms with Gasteiger partial charge in [0.15, 0.2) is 5.78 Å². The van der Waals surface area contributed by atoms with Crippen LogP contribution in [0.2, 0.25) is 0 Å². The summed E-state index contributed by atoms with van der Waals surface area (Å²) in [4.78, 5) is 46.2. The molecule has 7 heteroatoms. The van der Waals surface area contributed by atoms with Crippen LogP contribution < -0.4 is 0 Å². The number of nitrogens with one attached hydrogen (secondary N) is 1. The molecule has 0 bridgehead atoms. The van der Waals surface area contributed by atoms with E-state index in [0.717, 1.165) is 5.56 Å². The van der Waals surface area contributed by atoms with Crippen molar-refractivity contribution in [2.45, 2.75) is 40.7 Å². The lowest BCUT2D eigenvalue weighted by molar-refractivity contribution is -0.132. The molecular weight excluding hydrogens is 358 g/mol. The predicted octanol–water partition coefficient (Wildman–Crippen LogP) is 3.07. The zero-order valence-electron chi connectivity index (χ0n) is 17.0. The maximum atomic E-state index is 13.0. The van der Waals surface area contributed by atoms with Gasteiger partial charge in [-0.3, -0.25) is 14.6 Å². The van der Waals surface area contributed by atoms with Crippen LogP contribution in [-0.2, 0) is 16.1 Å². The monoisotopic (exact) mass is 385 g/mol. The first kappa shape index (κ1) is 21.3. The summed E-state index contributed by atoms with van der Waals surface area (Å²) in [5, 5.41) is 0. The van der Waals surface area contributed by atoms with Gasteiger partial charge in [0.2, 0.25) is 5.91 Å². The summed E-state index contributed by atoms with van der Waals surface area (Å²) in [6.45, 7) is 7.59. The van der Waals surface area contributed by atoms with Gasteiger partial charge in [0.25, 0.3) is 0 Å². The van der Waals surface area contributed by atoms with Gasteiger partial charge in [-0.2, -0.15) is 0 Å². The molecule has 0 unspecified atom stereocenters. The van der Waals surface area contributed by atoms with Gasteiger partial charge < -0.3 is 14.6 Å². The number of Topliss-reactive ketones (excluding diaryl/α,β-unsaturated/α-hetero) is 1. The number of pyridine rings is 1. The summed E-state index contributed by atoms with van der Waals surface area (Å²) >= 11 is 0. The van der Waals surface area contributed by atoms with Crippen molar-refractivity contribution in [1.82, 2.24) is 14.9 Å². The van der Waals surface area contributed by atoms with Crippen LogP contribution in [0.25, 0.3) is 0 Å². The molecule has 1 amide bonds. The van der Waals surface area contributed by atoms with E-state index < -0.39 is 5.97 Å². The van der Waals surface area contributed by atoms with E-state index in [9.17, 15) is 14.4 Å². The van der Waals surface area contributed by atoms with Gasteiger partial charge in [-0.25, -0.2) is 4.79 Å². The van der Waals surface area contributed by atoms with Crippen molar-refractivity contribution in [1.29, 1.82) is 0 Å². The second-order valence-electron chi connectivity index (χ2n) is 7.25. The number of hydrogen-bond acceptors (Lipinski definition) is 5. The second-order valence-corrected chi connectivity index (χ2v) is 7.25. The SMILES string of the molecule is COC(=O)c1[nH]c(C)c(C(=O)CN(Cc2cccnc2)C(=O)CC(C)C)c1C. The number of carbonyl (C=O) groups excluding carboxylic acids is 3. The highest BCUT2D eigenvalue weighted by Gasteiger charge is 2.25. The molecular formula is C21H27N3O4. The topological polar surface area (TPSA) is 92.4 Å². The average molecular weight is 385 g/mol. The minimum Gasteiger partial charge on any atom is -0.464 e. The summed E-state index contributed by atoms with van der Waals surface area (Å²) in [5.74, 6) is -0.656. The van der Waals surface area contributed by atoms with Crippen LogP contribution in [0.4, 0.5) is 0 Å². The maximum absolute atomic E-state index is 13.0. The first-order valence-electron chi connectivity index (χ1n) is 9.21. The average Bonchev–Trinajstić information content (AvgIpc) is 2.95. The highest BCUT2D eigenvalue weighted by molar-refractivity contribution is 6.04. The number of amides is 1. The van der Waals surface area contributed by atoms with Crippen molar-refractivity contribution in [2.24, 2.45) is 5.92 Å². The third-order valence-electron chi connectivity index (χ3n) is 4.47. The molecule has 0 aromatic carbocycles. The number of aromatic nitrogens is 2. The van der Waals surface area contributed by atoms with Gasteiger partial charge in [-0.05, 0) is 37.0 Å². The maximum Gasteiger partial charge on any atom is 0.354 e. The molecule has 2 heterocycles. The summed E-state index contributed by atoms with van der Waals surface area (Å²) in [5.41, 5.74) is 2.65. The van der Waals surface area contributed by atoms with Crippen LogP contribution in [0, 0.1) is 19.8 Å². The molecule has 0 spiro atoms. The quantitative estimate of drug-likeness (QED) is 0.557. The Morgan fingerprint density at radius 1 is 1.25 bits per heavy atom. The normalized spacial score (nSPS) is 10.8. The Morgan fingerprint density at radius 2 is 1.96 bits per heavy atom. The van der Waals surface area contributed by atoms with E-state index in [4.69, 9.17) is 4.74 Å². The number of aromatic amines is 1. The van der Waals surface area contributed by atoms with Crippen molar-refractivity contribution in [3.05, 3.63) is 52.6 Å². The molecule has 1 N–H and O–H groups in total. The number of H-pyrrole nitrogens is 1. The molecule has 150 valence electrons. The number of rotatable bonds is 8. The summed E-state index contributed by atoms with van der Waals surface area (Å²) in [6.07, 6.45) is 3.70. The Balaban J connectivity index is 2.28. The van der Waals surface area contributed by atoms with Crippen molar-refractivity contribution < 1.29 is 19.1 Å². The molecule has 0 radical (unpaired) electrons. The highest BCUT2D eigenvalue weighted by Crippen LogP contribution is 2.20. The zero-order valence-corrected chi connectivity index (χ0v) is 17.0. The number of nitrogens with zero attached hydrogens (tertiary/aromatic N) is 2. The Labute approximate surface area is 165 Å². The van der Waals surface area contributed by atoms with E-state index in [0.29, 0.717) is 29.8 Å². The summed E-state index contributed by atoms with van der Waals surface area (Å²) in [7, 11) is 1.29. The van der Waals surface area contributed by atoms with Crippen molar-refractivity contribution >= 4 is 17.7 Å². The molecule has 0 aliphatic carbocycles. The van der Waals surface area contributed by atoms with Crippen LogP contribution in [-0.4, -0.2) is 46.2 Å². The summed E-state index contributed by atoms with van der Waals surface area (Å²) in [6, 6.07) is 3.67. The molecule has 0 aliphatic rings. The van der Waals surface area contributed by atoms with Crippen LogP contribution in [0.15, 0.2) is 24.5 Å². The Kier molecular flexibility index (Phi) is 7.09. The number of ether oxygens (including phenoxy) is 1. The number of hydrogen-bond donors (Lipinski definition) is 1.